The molecule has 0 aromatic heterocycles. The summed E-state index contributed by atoms with van der Waals surface area (Å²) in [6.45, 7) is 8.61. The Morgan fingerprint density at radius 3 is 2.04 bits per heavy atom. The molecule has 2 heterocycles. The maximum Gasteiger partial charge on any atom is 0.270 e. The predicted octanol–water partition coefficient (Wildman–Crippen LogP) is 4.69. The fourth-order valence-electron chi connectivity index (χ4n) is 5.63. The lowest BCUT2D eigenvalue weighted by Crippen LogP contribution is -2.64. The summed E-state index contributed by atoms with van der Waals surface area (Å²) in [7, 11) is -4.21. The molecule has 11 heteroatoms. The molecule has 0 N–H and O–H groups in total. The summed E-state index contributed by atoms with van der Waals surface area (Å²) in [6.07, 6.45) is 1.43. The lowest BCUT2D eigenvalue weighted by Gasteiger charge is -2.46. The highest BCUT2D eigenvalue weighted by molar-refractivity contribution is 7.89. The van der Waals surface area contributed by atoms with Crippen LogP contribution in [0.3, 0.4) is 0 Å². The summed E-state index contributed by atoms with van der Waals surface area (Å²) in [5, 5.41) is 2.31. The second-order valence-corrected chi connectivity index (χ2v) is 14.2. The van der Waals surface area contributed by atoms with Crippen LogP contribution in [0.2, 0.25) is 0 Å². The van der Waals surface area contributed by atoms with Crippen molar-refractivity contribution in [2.24, 2.45) is 10.9 Å². The molecule has 0 bridgehead atoms. The van der Waals surface area contributed by atoms with E-state index in [9.17, 15) is 22.8 Å². The van der Waals surface area contributed by atoms with Crippen LogP contribution in [0.25, 0.3) is 5.70 Å². The van der Waals surface area contributed by atoms with Gasteiger partial charge in [0, 0.05) is 25.1 Å². The molecule has 240 valence electrons. The molecule has 0 aliphatic carbocycles. The number of nitrogens with zero attached hydrogens (tertiary/aromatic N) is 4. The molecule has 3 aromatic carbocycles. The van der Waals surface area contributed by atoms with E-state index in [0.717, 1.165) is 14.9 Å². The van der Waals surface area contributed by atoms with Gasteiger partial charge < -0.3 is 4.74 Å². The van der Waals surface area contributed by atoms with Gasteiger partial charge in [0.1, 0.15) is 18.7 Å². The van der Waals surface area contributed by atoms with Gasteiger partial charge in [0.05, 0.1) is 16.1 Å². The van der Waals surface area contributed by atoms with E-state index < -0.39 is 51.2 Å². The summed E-state index contributed by atoms with van der Waals surface area (Å²) < 4.78 is 35.0. The van der Waals surface area contributed by atoms with E-state index in [-0.39, 0.29) is 29.5 Å². The van der Waals surface area contributed by atoms with Gasteiger partial charge in [-0.2, -0.15) is 0 Å². The highest BCUT2D eigenvalue weighted by Gasteiger charge is 2.49. The fourth-order valence-corrected chi connectivity index (χ4v) is 7.24. The van der Waals surface area contributed by atoms with Gasteiger partial charge >= 0.3 is 0 Å². The summed E-state index contributed by atoms with van der Waals surface area (Å²) in [6, 6.07) is 23.3. The van der Waals surface area contributed by atoms with Gasteiger partial charge in [-0.05, 0) is 37.5 Å². The minimum Gasteiger partial charge on any atom is -0.473 e. The number of carbonyl (C=O) groups excluding carboxylic acids is 3. The number of rotatable bonds is 10. The lowest BCUT2D eigenvalue weighted by atomic mass is 9.98. The highest BCUT2D eigenvalue weighted by Crippen LogP contribution is 2.36. The van der Waals surface area contributed by atoms with Crippen molar-refractivity contribution < 1.29 is 27.5 Å². The van der Waals surface area contributed by atoms with Crippen LogP contribution in [-0.2, 0) is 35.6 Å². The number of ketones is 1. The van der Waals surface area contributed by atoms with Gasteiger partial charge in [-0.1, -0.05) is 92.7 Å². The van der Waals surface area contributed by atoms with Crippen LogP contribution in [-0.4, -0.2) is 70.5 Å². The zero-order valence-electron chi connectivity index (χ0n) is 26.5. The monoisotopic (exact) mass is 642 g/mol. The normalized spacial score (nSPS) is 18.5. The van der Waals surface area contributed by atoms with Gasteiger partial charge in [0.25, 0.3) is 21.8 Å². The van der Waals surface area contributed by atoms with Crippen molar-refractivity contribution in [1.82, 2.24) is 14.3 Å². The second kappa shape index (κ2) is 12.9. The molecular weight excluding hydrogens is 604 g/mol. The smallest absolute Gasteiger partial charge is 0.270 e. The Bertz CT molecular complexity index is 1770. The number of aliphatic imine (C=N–C) groups is 1. The topological polar surface area (TPSA) is 117 Å². The molecular formula is C35H38N4O6S. The van der Waals surface area contributed by atoms with Crippen LogP contribution < -0.4 is 0 Å². The van der Waals surface area contributed by atoms with Crippen LogP contribution in [0.5, 0.6) is 0 Å². The third-order valence-electron chi connectivity index (χ3n) is 7.82. The molecule has 10 nitrogen and oxygen atoms in total. The molecule has 46 heavy (non-hydrogen) atoms. The van der Waals surface area contributed by atoms with E-state index in [2.05, 4.69) is 4.99 Å². The summed E-state index contributed by atoms with van der Waals surface area (Å²) in [5.74, 6) is -2.47. The zero-order valence-corrected chi connectivity index (χ0v) is 27.3. The van der Waals surface area contributed by atoms with Crippen LogP contribution in [0.1, 0.15) is 45.7 Å². The third-order valence-corrected chi connectivity index (χ3v) is 9.57. The van der Waals surface area contributed by atoms with Crippen LogP contribution in [0.15, 0.2) is 107 Å². The fraction of sp³-hybridized carbons (Fsp3) is 0.314. The largest absolute Gasteiger partial charge is 0.473 e. The summed E-state index contributed by atoms with van der Waals surface area (Å²) in [5.41, 5.74) is 0.694. The Morgan fingerprint density at radius 1 is 0.957 bits per heavy atom. The molecule has 3 aromatic rings. The van der Waals surface area contributed by atoms with E-state index in [4.69, 9.17) is 4.74 Å². The van der Waals surface area contributed by atoms with Gasteiger partial charge in [-0.3, -0.25) is 18.7 Å². The quantitative estimate of drug-likeness (QED) is 0.317. The average Bonchev–Trinajstić information content (AvgIpc) is 3.41. The van der Waals surface area contributed by atoms with Crippen molar-refractivity contribution in [1.29, 1.82) is 0 Å². The van der Waals surface area contributed by atoms with E-state index in [1.54, 1.807) is 62.4 Å². The van der Waals surface area contributed by atoms with Crippen LogP contribution >= 0.6 is 0 Å². The molecule has 2 aliphatic heterocycles. The molecule has 0 saturated heterocycles. The third kappa shape index (κ3) is 6.46. The number of sulfonamides is 1. The van der Waals surface area contributed by atoms with Gasteiger partial charge in [-0.25, -0.2) is 23.4 Å². The van der Waals surface area contributed by atoms with Crippen molar-refractivity contribution >= 4 is 39.2 Å². The van der Waals surface area contributed by atoms with Crippen molar-refractivity contribution in [2.45, 2.75) is 63.6 Å². The maximum atomic E-state index is 14.8. The number of benzene rings is 3. The van der Waals surface area contributed by atoms with E-state index in [1.807, 2.05) is 44.2 Å². The Morgan fingerprint density at radius 2 is 1.52 bits per heavy atom. The van der Waals surface area contributed by atoms with Gasteiger partial charge in [-0.15, -0.1) is 0 Å². The van der Waals surface area contributed by atoms with Crippen LogP contribution in [0, 0.1) is 5.92 Å². The molecule has 0 spiro atoms. The number of hydrogen-bond donors (Lipinski definition) is 0. The maximum absolute atomic E-state index is 14.8. The Labute approximate surface area is 270 Å². The predicted molar refractivity (Wildman–Crippen MR) is 174 cm³/mol. The Balaban J connectivity index is 1.73. The van der Waals surface area contributed by atoms with E-state index >= 15 is 0 Å². The van der Waals surface area contributed by atoms with Gasteiger partial charge in [0.15, 0.2) is 0 Å². The molecule has 0 fully saturated rings. The number of hydrogen-bond acceptors (Lipinski definition) is 7. The zero-order chi connectivity index (χ0) is 33.2. The van der Waals surface area contributed by atoms with Crippen molar-refractivity contribution in [2.75, 3.05) is 6.61 Å². The standard InChI is InChI=1S/C35H38N4O6S/c1-24(2)31-34(42)39(30(27-17-11-7-12-18-27)22-37(31)46(43,44)28-19-13-8-14-20-28)38(25(3)40)29(21-26-15-9-6-10-16-26)32(41)33-36-35(4,5)23-45-33/h6-20,22,24,29,31H,21,23H2,1-5H3/t29-,31?/m0/s1. The van der Waals surface area contributed by atoms with E-state index in [0.29, 0.717) is 5.56 Å². The SMILES string of the molecule is CC(=O)N([C@@H](Cc1ccccc1)C(=O)C1=NC(C)(C)CO1)N1C(=O)C(C(C)C)N(S(=O)(=O)c2ccccc2)C=C1c1ccccc1. The molecule has 2 amide bonds. The summed E-state index contributed by atoms with van der Waals surface area (Å²) >= 11 is 0. The molecule has 0 saturated carbocycles. The number of hydrazine groups is 1. The highest BCUT2D eigenvalue weighted by atomic mass is 32.2. The lowest BCUT2D eigenvalue weighted by molar-refractivity contribution is -0.165. The molecule has 2 aliphatic rings. The first-order valence-electron chi connectivity index (χ1n) is 15.1. The van der Waals surface area contributed by atoms with E-state index in [1.165, 1.54) is 30.3 Å². The number of carbonyl (C=O) groups is 3. The Kier molecular flexibility index (Phi) is 9.16. The molecule has 0 radical (unpaired) electrons. The van der Waals surface area contributed by atoms with Crippen molar-refractivity contribution in [3.8, 4) is 0 Å². The first kappa shape index (κ1) is 32.6. The molecule has 2 atom stereocenters. The van der Waals surface area contributed by atoms with Gasteiger partial charge in [0.2, 0.25) is 11.7 Å². The van der Waals surface area contributed by atoms with Crippen molar-refractivity contribution in [3.05, 3.63) is 108 Å². The minimum atomic E-state index is -4.21. The number of ether oxygens (including phenoxy) is 1. The second-order valence-electron chi connectivity index (χ2n) is 12.3. The number of Topliss-reactive ketones (excluding diaryl/α,β-unsaturated/α-hetero) is 1. The van der Waals surface area contributed by atoms with Crippen LogP contribution in [0.4, 0.5) is 0 Å². The minimum absolute atomic E-state index is 0.0186. The average molecular weight is 643 g/mol. The number of amides is 2. The van der Waals surface area contributed by atoms with Crippen molar-refractivity contribution in [3.63, 3.8) is 0 Å². The summed E-state index contributed by atoms with van der Waals surface area (Å²) in [4.78, 5) is 47.4. The molecule has 1 unspecified atom stereocenters. The first-order valence-corrected chi connectivity index (χ1v) is 16.6. The Hall–Kier alpha value is -4.77. The molecule has 5 rings (SSSR count). The first-order chi connectivity index (χ1) is 21.8.